The molecule has 1 aliphatic rings. The lowest BCUT2D eigenvalue weighted by Crippen LogP contribution is -2.29. The molecule has 0 aliphatic carbocycles. The second kappa shape index (κ2) is 8.91. The first-order valence-electron chi connectivity index (χ1n) is 9.98. The van der Waals surface area contributed by atoms with E-state index in [-0.39, 0.29) is 12.1 Å². The summed E-state index contributed by atoms with van der Waals surface area (Å²) in [7, 11) is 0. The van der Waals surface area contributed by atoms with Crippen LogP contribution >= 0.6 is 24.0 Å². The van der Waals surface area contributed by atoms with E-state index in [9.17, 15) is 0 Å². The highest BCUT2D eigenvalue weighted by molar-refractivity contribution is 7.99. The summed E-state index contributed by atoms with van der Waals surface area (Å²) in [6.45, 7) is 0.586. The van der Waals surface area contributed by atoms with Gasteiger partial charge in [0.15, 0.2) is 10.2 Å². The summed E-state index contributed by atoms with van der Waals surface area (Å²) in [6, 6.07) is 25.8. The number of benzene rings is 1. The molecule has 0 saturated carbocycles. The molecule has 31 heavy (non-hydrogen) atoms. The number of pyridine rings is 2. The van der Waals surface area contributed by atoms with Crippen molar-refractivity contribution >= 4 is 29.1 Å². The predicted octanol–water partition coefficient (Wildman–Crippen LogP) is 5.39. The molecular weight excluding hydrogens is 424 g/mol. The Morgan fingerprint density at radius 1 is 0.903 bits per heavy atom. The normalized spacial score (nSPS) is 18.2. The van der Waals surface area contributed by atoms with Gasteiger partial charge >= 0.3 is 0 Å². The molecule has 0 spiro atoms. The van der Waals surface area contributed by atoms with Crippen molar-refractivity contribution in [2.45, 2.75) is 28.6 Å². The van der Waals surface area contributed by atoms with Gasteiger partial charge in [-0.15, -0.1) is 0 Å². The van der Waals surface area contributed by atoms with E-state index < -0.39 is 0 Å². The highest BCUT2D eigenvalue weighted by atomic mass is 32.2. The van der Waals surface area contributed by atoms with Crippen LogP contribution in [0.1, 0.15) is 29.2 Å². The average Bonchev–Trinajstić information content (AvgIpc) is 3.40. The van der Waals surface area contributed by atoms with Gasteiger partial charge in [0.1, 0.15) is 11.8 Å². The van der Waals surface area contributed by atoms with Gasteiger partial charge in [-0.1, -0.05) is 42.1 Å². The van der Waals surface area contributed by atoms with Gasteiger partial charge in [0.2, 0.25) is 0 Å². The summed E-state index contributed by atoms with van der Waals surface area (Å²) in [4.78, 5) is 12.3. The van der Waals surface area contributed by atoms with Gasteiger partial charge in [-0.2, -0.15) is 0 Å². The molecule has 1 fully saturated rings. The Morgan fingerprint density at radius 2 is 1.68 bits per heavy atom. The minimum absolute atomic E-state index is 0.113. The number of furan rings is 1. The first kappa shape index (κ1) is 19.8. The Hall–Kier alpha value is -3.16. The second-order valence-electron chi connectivity index (χ2n) is 7.15. The predicted molar refractivity (Wildman–Crippen MR) is 125 cm³/mol. The molecule has 154 valence electrons. The molecule has 0 amide bonds. The van der Waals surface area contributed by atoms with Crippen LogP contribution in [0.3, 0.4) is 0 Å². The maximum atomic E-state index is 6.31. The van der Waals surface area contributed by atoms with E-state index in [1.165, 1.54) is 0 Å². The smallest absolute Gasteiger partial charge is 0.170 e. The number of nitrogens with zero attached hydrogens (tertiary/aromatic N) is 3. The van der Waals surface area contributed by atoms with Crippen LogP contribution in [0.4, 0.5) is 0 Å². The summed E-state index contributed by atoms with van der Waals surface area (Å²) in [5, 5.41) is 4.96. The van der Waals surface area contributed by atoms with Crippen molar-refractivity contribution in [3.63, 3.8) is 0 Å². The van der Waals surface area contributed by atoms with Crippen LogP contribution in [0.15, 0.2) is 106 Å². The second-order valence-corrected chi connectivity index (χ2v) is 8.61. The third-order valence-corrected chi connectivity index (χ3v) is 6.39. The van der Waals surface area contributed by atoms with E-state index in [0.29, 0.717) is 11.7 Å². The number of hydrogen-bond acceptors (Lipinski definition) is 5. The largest absolute Gasteiger partial charge is 0.452 e. The van der Waals surface area contributed by atoms with Crippen molar-refractivity contribution < 1.29 is 4.42 Å². The molecule has 1 aliphatic heterocycles. The zero-order valence-electron chi connectivity index (χ0n) is 16.6. The topological polar surface area (TPSA) is 54.2 Å². The van der Waals surface area contributed by atoms with E-state index in [2.05, 4.69) is 32.3 Å². The molecule has 1 aromatic carbocycles. The summed E-state index contributed by atoms with van der Waals surface area (Å²) in [5.41, 5.74) is 1.87. The SMILES string of the molecule is S=C1NC(c2ccccn2)C(c2ccc(Sc3ccccc3)o2)N1Cc1ccccn1. The Balaban J connectivity index is 1.48. The van der Waals surface area contributed by atoms with E-state index in [0.717, 1.165) is 27.1 Å². The lowest BCUT2D eigenvalue weighted by atomic mass is 10.0. The summed E-state index contributed by atoms with van der Waals surface area (Å²) in [5.74, 6) is 0.845. The molecule has 5 nitrogen and oxygen atoms in total. The van der Waals surface area contributed by atoms with Crippen LogP contribution < -0.4 is 5.32 Å². The van der Waals surface area contributed by atoms with E-state index >= 15 is 0 Å². The molecule has 7 heteroatoms. The third kappa shape index (κ3) is 4.33. The molecule has 4 aromatic rings. The summed E-state index contributed by atoms with van der Waals surface area (Å²) < 4.78 is 6.31. The zero-order valence-corrected chi connectivity index (χ0v) is 18.2. The van der Waals surface area contributed by atoms with Gasteiger partial charge in [0.05, 0.1) is 24.0 Å². The summed E-state index contributed by atoms with van der Waals surface area (Å²) >= 11 is 7.32. The minimum atomic E-state index is -0.130. The van der Waals surface area contributed by atoms with Crippen LogP contribution in [0.25, 0.3) is 0 Å². The van der Waals surface area contributed by atoms with Gasteiger partial charge in [-0.25, -0.2) is 0 Å². The highest BCUT2D eigenvalue weighted by Crippen LogP contribution is 2.41. The number of rotatable bonds is 6. The number of aromatic nitrogens is 2. The average molecular weight is 445 g/mol. The fourth-order valence-electron chi connectivity index (χ4n) is 3.70. The van der Waals surface area contributed by atoms with Crippen LogP contribution in [-0.4, -0.2) is 20.0 Å². The Bertz CT molecular complexity index is 1150. The molecule has 4 heterocycles. The van der Waals surface area contributed by atoms with Gasteiger partial charge in [0.25, 0.3) is 0 Å². The van der Waals surface area contributed by atoms with Crippen molar-refractivity contribution in [1.29, 1.82) is 0 Å². The Kier molecular flexibility index (Phi) is 5.69. The van der Waals surface area contributed by atoms with Crippen LogP contribution in [0, 0.1) is 0 Å². The molecule has 3 aromatic heterocycles. The monoisotopic (exact) mass is 444 g/mol. The molecule has 0 bridgehead atoms. The first-order chi connectivity index (χ1) is 15.3. The van der Waals surface area contributed by atoms with Gasteiger partial charge in [0, 0.05) is 17.3 Å². The van der Waals surface area contributed by atoms with Crippen molar-refractivity contribution in [3.05, 3.63) is 108 Å². The highest BCUT2D eigenvalue weighted by Gasteiger charge is 2.41. The van der Waals surface area contributed by atoms with Crippen LogP contribution in [-0.2, 0) is 6.54 Å². The molecule has 2 unspecified atom stereocenters. The maximum absolute atomic E-state index is 6.31. The van der Waals surface area contributed by atoms with Crippen molar-refractivity contribution in [1.82, 2.24) is 20.2 Å². The standard InChI is InChI=1S/C24H20N4OS2/c30-24-27-22(19-11-5-7-15-26-19)23(28(24)16-17-8-4-6-14-25-17)20-12-13-21(29-20)31-18-9-2-1-3-10-18/h1-15,22-23H,16H2,(H,27,30). The van der Waals surface area contributed by atoms with E-state index in [1.807, 2.05) is 66.7 Å². The van der Waals surface area contributed by atoms with Crippen LogP contribution in [0.5, 0.6) is 0 Å². The molecule has 1 saturated heterocycles. The van der Waals surface area contributed by atoms with Crippen LogP contribution in [0.2, 0.25) is 0 Å². The van der Waals surface area contributed by atoms with Gasteiger partial charge in [-0.05, 0) is 60.7 Å². The molecular formula is C24H20N4OS2. The van der Waals surface area contributed by atoms with E-state index in [1.54, 1.807) is 24.2 Å². The number of hydrogen-bond donors (Lipinski definition) is 1. The van der Waals surface area contributed by atoms with Crippen molar-refractivity contribution in [2.75, 3.05) is 0 Å². The quantitative estimate of drug-likeness (QED) is 0.400. The Morgan fingerprint density at radius 3 is 2.42 bits per heavy atom. The molecule has 1 N–H and O–H groups in total. The lowest BCUT2D eigenvalue weighted by molar-refractivity contribution is 0.253. The zero-order chi connectivity index (χ0) is 21.0. The first-order valence-corrected chi connectivity index (χ1v) is 11.2. The van der Waals surface area contributed by atoms with Gasteiger partial charge in [-0.3, -0.25) is 9.97 Å². The fraction of sp³-hybridized carbons (Fsp3) is 0.125. The van der Waals surface area contributed by atoms with Crippen molar-refractivity contribution in [2.24, 2.45) is 0 Å². The number of nitrogens with one attached hydrogen (secondary N) is 1. The molecule has 0 radical (unpaired) electrons. The van der Waals surface area contributed by atoms with E-state index in [4.69, 9.17) is 16.6 Å². The molecule has 2 atom stereocenters. The molecule has 5 rings (SSSR count). The maximum Gasteiger partial charge on any atom is 0.170 e. The minimum Gasteiger partial charge on any atom is -0.452 e. The number of thiocarbonyl (C=S) groups is 1. The van der Waals surface area contributed by atoms with Gasteiger partial charge < -0.3 is 14.6 Å². The Labute approximate surface area is 190 Å². The van der Waals surface area contributed by atoms with Crippen molar-refractivity contribution in [3.8, 4) is 0 Å². The fourth-order valence-corrected chi connectivity index (χ4v) is 4.81. The summed E-state index contributed by atoms with van der Waals surface area (Å²) in [6.07, 6.45) is 3.60. The lowest BCUT2D eigenvalue weighted by Gasteiger charge is -2.25. The third-order valence-electron chi connectivity index (χ3n) is 5.11.